The highest BCUT2D eigenvalue weighted by molar-refractivity contribution is 5.53. The summed E-state index contributed by atoms with van der Waals surface area (Å²) in [6, 6.07) is 0. The highest BCUT2D eigenvalue weighted by atomic mass is 16.1. The fourth-order valence-corrected chi connectivity index (χ4v) is 2.20. The van der Waals surface area contributed by atoms with E-state index < -0.39 is 0 Å². The molecule has 1 rings (SSSR count). The summed E-state index contributed by atoms with van der Waals surface area (Å²) in [7, 11) is 0. The van der Waals surface area contributed by atoms with E-state index in [0.717, 1.165) is 24.5 Å². The molecular weight excluding hydrogens is 172 g/mol. The Morgan fingerprint density at radius 3 is 2.86 bits per heavy atom. The Balaban J connectivity index is 2.45. The molecule has 3 atom stereocenters. The fraction of sp³-hybridized carbons (Fsp3) is 0.769. The average molecular weight is 194 g/mol. The molecule has 0 saturated carbocycles. The lowest BCUT2D eigenvalue weighted by Crippen LogP contribution is -2.04. The van der Waals surface area contributed by atoms with Gasteiger partial charge in [-0.3, -0.25) is 0 Å². The lowest BCUT2D eigenvalue weighted by Gasteiger charge is -2.14. The van der Waals surface area contributed by atoms with Gasteiger partial charge in [0.05, 0.1) is 0 Å². The lowest BCUT2D eigenvalue weighted by molar-refractivity contribution is -0.110. The molecule has 3 unspecified atom stereocenters. The molecule has 0 saturated heterocycles. The molecule has 1 nitrogen and oxygen atoms in total. The molecule has 0 spiro atoms. The van der Waals surface area contributed by atoms with Gasteiger partial charge in [0.2, 0.25) is 0 Å². The van der Waals surface area contributed by atoms with Crippen molar-refractivity contribution in [3.63, 3.8) is 0 Å². The Kier molecular flexibility index (Phi) is 4.37. The van der Waals surface area contributed by atoms with Gasteiger partial charge in [0.25, 0.3) is 0 Å². The van der Waals surface area contributed by atoms with Crippen molar-refractivity contribution in [2.75, 3.05) is 0 Å². The van der Waals surface area contributed by atoms with Crippen LogP contribution in [0.25, 0.3) is 0 Å². The van der Waals surface area contributed by atoms with Crippen LogP contribution in [0.5, 0.6) is 0 Å². The van der Waals surface area contributed by atoms with Crippen LogP contribution < -0.4 is 0 Å². The summed E-state index contributed by atoms with van der Waals surface area (Å²) in [6.07, 6.45) is 8.25. The predicted molar refractivity (Wildman–Crippen MR) is 60.1 cm³/mol. The van der Waals surface area contributed by atoms with Crippen LogP contribution in [0.1, 0.15) is 46.5 Å². The Morgan fingerprint density at radius 1 is 1.57 bits per heavy atom. The summed E-state index contributed by atoms with van der Waals surface area (Å²) in [5, 5.41) is 0. The number of hydrogen-bond donors (Lipinski definition) is 0. The Bertz CT molecular complexity index is 217. The molecular formula is C13H22O. The monoisotopic (exact) mass is 194 g/mol. The van der Waals surface area contributed by atoms with Gasteiger partial charge in [-0.1, -0.05) is 38.8 Å². The average Bonchev–Trinajstić information content (AvgIpc) is 2.65. The van der Waals surface area contributed by atoms with E-state index in [-0.39, 0.29) is 5.92 Å². The first-order chi connectivity index (χ1) is 6.67. The van der Waals surface area contributed by atoms with Crippen LogP contribution in [-0.2, 0) is 4.79 Å². The fourth-order valence-electron chi connectivity index (χ4n) is 2.20. The summed E-state index contributed by atoms with van der Waals surface area (Å²) >= 11 is 0. The van der Waals surface area contributed by atoms with Crippen LogP contribution in [0.4, 0.5) is 0 Å². The number of carbonyl (C=O) groups excluding carboxylic acids is 1. The molecule has 0 aliphatic heterocycles. The zero-order chi connectivity index (χ0) is 10.6. The second-order valence-electron chi connectivity index (χ2n) is 4.73. The molecule has 0 N–H and O–H groups in total. The highest BCUT2D eigenvalue weighted by Gasteiger charge is 2.20. The second kappa shape index (κ2) is 5.33. The Morgan fingerprint density at radius 2 is 2.29 bits per heavy atom. The van der Waals surface area contributed by atoms with Crippen molar-refractivity contribution in [3.8, 4) is 0 Å². The Labute approximate surface area is 87.6 Å². The highest BCUT2D eigenvalue weighted by Crippen LogP contribution is 2.33. The zero-order valence-corrected chi connectivity index (χ0v) is 9.62. The van der Waals surface area contributed by atoms with Crippen LogP contribution in [0.15, 0.2) is 11.6 Å². The molecule has 1 aliphatic carbocycles. The molecule has 0 fully saturated rings. The van der Waals surface area contributed by atoms with Gasteiger partial charge in [0.1, 0.15) is 6.29 Å². The van der Waals surface area contributed by atoms with E-state index in [1.807, 2.05) is 6.92 Å². The molecule has 0 aromatic carbocycles. The third kappa shape index (κ3) is 2.97. The van der Waals surface area contributed by atoms with Crippen molar-refractivity contribution in [1.82, 2.24) is 0 Å². The lowest BCUT2D eigenvalue weighted by atomic mass is 9.92. The maximum Gasteiger partial charge on any atom is 0.123 e. The van der Waals surface area contributed by atoms with Crippen LogP contribution >= 0.6 is 0 Å². The zero-order valence-electron chi connectivity index (χ0n) is 9.62. The normalized spacial score (nSPS) is 25.6. The standard InChI is InChI=1S/C13H22O/c1-4-11(3)13-6-5-12(8-13)7-10(2)9-14/h8-11,13H,4-7H2,1-3H3. The molecule has 14 heavy (non-hydrogen) atoms. The van der Waals surface area contributed by atoms with Gasteiger partial charge in [-0.05, 0) is 31.1 Å². The van der Waals surface area contributed by atoms with E-state index in [9.17, 15) is 4.79 Å². The smallest absolute Gasteiger partial charge is 0.123 e. The van der Waals surface area contributed by atoms with Gasteiger partial charge in [-0.25, -0.2) is 0 Å². The van der Waals surface area contributed by atoms with E-state index in [0.29, 0.717) is 0 Å². The first-order valence-corrected chi connectivity index (χ1v) is 5.82. The number of hydrogen-bond acceptors (Lipinski definition) is 1. The van der Waals surface area contributed by atoms with Crippen molar-refractivity contribution in [2.45, 2.75) is 46.5 Å². The number of allylic oxidation sites excluding steroid dienone is 2. The van der Waals surface area contributed by atoms with Crippen molar-refractivity contribution in [2.24, 2.45) is 17.8 Å². The molecule has 1 aliphatic rings. The minimum atomic E-state index is 0.205. The second-order valence-corrected chi connectivity index (χ2v) is 4.73. The van der Waals surface area contributed by atoms with Crippen molar-refractivity contribution in [1.29, 1.82) is 0 Å². The topological polar surface area (TPSA) is 17.1 Å². The minimum absolute atomic E-state index is 0.205. The van der Waals surface area contributed by atoms with Crippen molar-refractivity contribution in [3.05, 3.63) is 11.6 Å². The number of carbonyl (C=O) groups is 1. The molecule has 0 bridgehead atoms. The number of aldehydes is 1. The van der Waals surface area contributed by atoms with Gasteiger partial charge in [-0.2, -0.15) is 0 Å². The Hall–Kier alpha value is -0.590. The van der Waals surface area contributed by atoms with E-state index in [2.05, 4.69) is 19.9 Å². The molecule has 0 aromatic heterocycles. The summed E-state index contributed by atoms with van der Waals surface area (Å²) in [5.41, 5.74) is 1.51. The van der Waals surface area contributed by atoms with E-state index in [1.54, 1.807) is 0 Å². The van der Waals surface area contributed by atoms with Crippen LogP contribution in [-0.4, -0.2) is 6.29 Å². The summed E-state index contributed by atoms with van der Waals surface area (Å²) < 4.78 is 0. The summed E-state index contributed by atoms with van der Waals surface area (Å²) in [4.78, 5) is 10.5. The summed E-state index contributed by atoms with van der Waals surface area (Å²) in [5.74, 6) is 1.78. The molecule has 80 valence electrons. The molecule has 0 radical (unpaired) electrons. The van der Waals surface area contributed by atoms with Crippen molar-refractivity contribution >= 4 is 6.29 Å². The van der Waals surface area contributed by atoms with Crippen molar-refractivity contribution < 1.29 is 4.79 Å². The molecule has 0 heterocycles. The molecule has 0 aromatic rings. The van der Waals surface area contributed by atoms with Crippen LogP contribution in [0, 0.1) is 17.8 Å². The van der Waals surface area contributed by atoms with E-state index in [1.165, 1.54) is 24.8 Å². The van der Waals surface area contributed by atoms with Gasteiger partial charge in [-0.15, -0.1) is 0 Å². The SMILES string of the molecule is CCC(C)C1C=C(CC(C)C=O)CC1. The molecule has 0 amide bonds. The number of rotatable bonds is 5. The maximum absolute atomic E-state index is 10.5. The van der Waals surface area contributed by atoms with Crippen LogP contribution in [0.3, 0.4) is 0 Å². The quantitative estimate of drug-likeness (QED) is 0.483. The van der Waals surface area contributed by atoms with E-state index in [4.69, 9.17) is 0 Å². The first-order valence-electron chi connectivity index (χ1n) is 5.82. The summed E-state index contributed by atoms with van der Waals surface area (Å²) in [6.45, 7) is 6.59. The first kappa shape index (κ1) is 11.5. The van der Waals surface area contributed by atoms with Gasteiger partial charge >= 0.3 is 0 Å². The predicted octanol–water partition coefficient (Wildman–Crippen LogP) is 3.59. The van der Waals surface area contributed by atoms with E-state index >= 15 is 0 Å². The van der Waals surface area contributed by atoms with Crippen LogP contribution in [0.2, 0.25) is 0 Å². The van der Waals surface area contributed by atoms with Gasteiger partial charge in [0.15, 0.2) is 0 Å². The largest absolute Gasteiger partial charge is 0.303 e. The third-order valence-electron chi connectivity index (χ3n) is 3.44. The van der Waals surface area contributed by atoms with Gasteiger partial charge in [0, 0.05) is 5.92 Å². The maximum atomic E-state index is 10.5. The third-order valence-corrected chi connectivity index (χ3v) is 3.44. The molecule has 1 heteroatoms. The minimum Gasteiger partial charge on any atom is -0.303 e. The van der Waals surface area contributed by atoms with Gasteiger partial charge < -0.3 is 4.79 Å².